The van der Waals surface area contributed by atoms with Gasteiger partial charge in [-0.15, -0.1) is 0 Å². The van der Waals surface area contributed by atoms with Crippen LogP contribution in [0.1, 0.15) is 11.1 Å². The highest BCUT2D eigenvalue weighted by molar-refractivity contribution is 7.80. The van der Waals surface area contributed by atoms with Crippen LogP contribution in [0.5, 0.6) is 0 Å². The van der Waals surface area contributed by atoms with E-state index in [0.717, 1.165) is 11.1 Å². The largest absolute Gasteiger partial charge is 0.328 e. The van der Waals surface area contributed by atoms with Crippen molar-refractivity contribution in [2.75, 3.05) is 0 Å². The summed E-state index contributed by atoms with van der Waals surface area (Å²) in [7, 11) is 0. The average Bonchev–Trinajstić information content (AvgIpc) is 2.49. The minimum absolute atomic E-state index is 0.178. The van der Waals surface area contributed by atoms with Gasteiger partial charge in [-0.2, -0.15) is 0 Å². The summed E-state index contributed by atoms with van der Waals surface area (Å²) in [5, 5.41) is 5.69. The van der Waals surface area contributed by atoms with E-state index in [1.54, 1.807) is 6.08 Å². The van der Waals surface area contributed by atoms with Gasteiger partial charge in [-0.1, -0.05) is 24.3 Å². The Morgan fingerprint density at radius 2 is 2.00 bits per heavy atom. The fourth-order valence-electron chi connectivity index (χ4n) is 1.39. The molecule has 1 saturated heterocycles. The molecule has 0 bridgehead atoms. The van der Waals surface area contributed by atoms with Gasteiger partial charge < -0.3 is 5.32 Å². The van der Waals surface area contributed by atoms with Crippen molar-refractivity contribution in [1.82, 2.24) is 10.6 Å². The highest BCUT2D eigenvalue weighted by atomic mass is 32.1. The second-order valence-corrected chi connectivity index (χ2v) is 3.73. The van der Waals surface area contributed by atoms with E-state index in [1.165, 1.54) is 0 Å². The smallest absolute Gasteiger partial charge is 0.273 e. The van der Waals surface area contributed by atoms with Crippen molar-refractivity contribution in [3.63, 3.8) is 0 Å². The minimum Gasteiger partial charge on any atom is -0.328 e. The number of benzene rings is 1. The van der Waals surface area contributed by atoms with E-state index >= 15 is 0 Å². The molecule has 2 N–H and O–H groups in total. The zero-order valence-corrected chi connectivity index (χ0v) is 9.02. The molecular weight excluding hydrogens is 208 g/mol. The molecule has 1 aromatic carbocycles. The highest BCUT2D eigenvalue weighted by Gasteiger charge is 2.19. The average molecular weight is 218 g/mol. The first kappa shape index (κ1) is 9.86. The second kappa shape index (κ2) is 3.82. The molecule has 1 amide bonds. The third kappa shape index (κ3) is 2.05. The van der Waals surface area contributed by atoms with E-state index in [0.29, 0.717) is 10.8 Å². The SMILES string of the molecule is Cc1ccccc1/C=C1/NC(=S)NC1=O. The number of hydrogen-bond acceptors (Lipinski definition) is 2. The fraction of sp³-hybridized carbons (Fsp3) is 0.0909. The summed E-state index contributed by atoms with van der Waals surface area (Å²) in [5.41, 5.74) is 2.63. The van der Waals surface area contributed by atoms with Gasteiger partial charge in [-0.3, -0.25) is 10.1 Å². The first-order valence-corrected chi connectivity index (χ1v) is 4.97. The Morgan fingerprint density at radius 1 is 1.27 bits per heavy atom. The first-order valence-electron chi connectivity index (χ1n) is 4.56. The van der Waals surface area contributed by atoms with Gasteiger partial charge in [0.2, 0.25) is 0 Å². The van der Waals surface area contributed by atoms with Crippen molar-refractivity contribution >= 4 is 29.3 Å². The molecule has 0 atom stereocenters. The molecule has 0 aromatic heterocycles. The molecule has 1 fully saturated rings. The zero-order chi connectivity index (χ0) is 10.8. The Morgan fingerprint density at radius 3 is 2.60 bits per heavy atom. The number of amides is 1. The third-order valence-electron chi connectivity index (χ3n) is 2.21. The predicted octanol–water partition coefficient (Wildman–Crippen LogP) is 1.34. The van der Waals surface area contributed by atoms with Crippen molar-refractivity contribution in [3.8, 4) is 0 Å². The van der Waals surface area contributed by atoms with E-state index in [1.807, 2.05) is 31.2 Å². The third-order valence-corrected chi connectivity index (χ3v) is 2.41. The lowest BCUT2D eigenvalue weighted by atomic mass is 10.1. The monoisotopic (exact) mass is 218 g/mol. The molecule has 4 heteroatoms. The molecule has 1 heterocycles. The van der Waals surface area contributed by atoms with E-state index in [-0.39, 0.29) is 5.91 Å². The Hall–Kier alpha value is -1.68. The Labute approximate surface area is 93.2 Å². The van der Waals surface area contributed by atoms with Crippen LogP contribution >= 0.6 is 12.2 Å². The van der Waals surface area contributed by atoms with Crippen LogP contribution in [0.2, 0.25) is 0 Å². The van der Waals surface area contributed by atoms with E-state index < -0.39 is 0 Å². The molecule has 1 aliphatic rings. The first-order chi connectivity index (χ1) is 7.16. The maximum Gasteiger partial charge on any atom is 0.273 e. The number of carbonyl (C=O) groups excluding carboxylic acids is 1. The quantitative estimate of drug-likeness (QED) is 0.552. The van der Waals surface area contributed by atoms with Crippen molar-refractivity contribution < 1.29 is 4.79 Å². The molecule has 76 valence electrons. The van der Waals surface area contributed by atoms with E-state index in [2.05, 4.69) is 10.6 Å². The highest BCUT2D eigenvalue weighted by Crippen LogP contribution is 2.12. The molecule has 1 aromatic rings. The van der Waals surface area contributed by atoms with Gasteiger partial charge in [0.1, 0.15) is 5.70 Å². The standard InChI is InChI=1S/C11H10N2OS/c1-7-4-2-3-5-8(7)6-9-10(14)13-11(15)12-9/h2-6H,1H3,(H2,12,13,14,15)/b9-6+. The van der Waals surface area contributed by atoms with Crippen LogP contribution in [0, 0.1) is 6.92 Å². The maximum atomic E-state index is 11.4. The van der Waals surface area contributed by atoms with Crippen LogP contribution in [-0.2, 0) is 4.79 Å². The van der Waals surface area contributed by atoms with Crippen molar-refractivity contribution in [2.24, 2.45) is 0 Å². The Bertz CT molecular complexity index is 465. The van der Waals surface area contributed by atoms with Crippen LogP contribution in [0.25, 0.3) is 6.08 Å². The van der Waals surface area contributed by atoms with Gasteiger partial charge in [0.25, 0.3) is 5.91 Å². The van der Waals surface area contributed by atoms with Crippen LogP contribution in [0.3, 0.4) is 0 Å². The Balaban J connectivity index is 2.35. The number of rotatable bonds is 1. The molecule has 0 unspecified atom stereocenters. The summed E-state index contributed by atoms with van der Waals surface area (Å²) in [6.45, 7) is 2.00. The van der Waals surface area contributed by atoms with Gasteiger partial charge in [0, 0.05) is 0 Å². The second-order valence-electron chi connectivity index (χ2n) is 3.32. The van der Waals surface area contributed by atoms with Crippen molar-refractivity contribution in [1.29, 1.82) is 0 Å². The molecule has 3 nitrogen and oxygen atoms in total. The topological polar surface area (TPSA) is 41.1 Å². The summed E-state index contributed by atoms with van der Waals surface area (Å²) in [5.74, 6) is -0.178. The van der Waals surface area contributed by atoms with Crippen molar-refractivity contribution in [3.05, 3.63) is 41.1 Å². The molecule has 0 saturated carbocycles. The van der Waals surface area contributed by atoms with Crippen LogP contribution < -0.4 is 10.6 Å². The number of aryl methyl sites for hydroxylation is 1. The molecule has 0 spiro atoms. The molecule has 2 rings (SSSR count). The zero-order valence-electron chi connectivity index (χ0n) is 8.20. The van der Waals surface area contributed by atoms with Gasteiger partial charge in [0.05, 0.1) is 0 Å². The van der Waals surface area contributed by atoms with Gasteiger partial charge >= 0.3 is 0 Å². The lowest BCUT2D eigenvalue weighted by Gasteiger charge is -2.00. The number of hydrogen-bond donors (Lipinski definition) is 2. The summed E-state index contributed by atoms with van der Waals surface area (Å²) in [4.78, 5) is 11.4. The van der Waals surface area contributed by atoms with Crippen LogP contribution in [0.15, 0.2) is 30.0 Å². The maximum absolute atomic E-state index is 11.4. The summed E-state index contributed by atoms with van der Waals surface area (Å²) in [6, 6.07) is 7.85. The number of carbonyl (C=O) groups is 1. The van der Waals surface area contributed by atoms with E-state index in [4.69, 9.17) is 12.2 Å². The number of nitrogens with one attached hydrogen (secondary N) is 2. The summed E-state index contributed by atoms with van der Waals surface area (Å²) < 4.78 is 0. The summed E-state index contributed by atoms with van der Waals surface area (Å²) >= 11 is 4.84. The van der Waals surface area contributed by atoms with Crippen LogP contribution in [-0.4, -0.2) is 11.0 Å². The van der Waals surface area contributed by atoms with Gasteiger partial charge in [-0.25, -0.2) is 0 Å². The molecular formula is C11H10N2OS. The Kier molecular flexibility index (Phi) is 2.51. The molecule has 0 radical (unpaired) electrons. The summed E-state index contributed by atoms with van der Waals surface area (Å²) in [6.07, 6.45) is 1.80. The lowest BCUT2D eigenvalue weighted by molar-refractivity contribution is -0.115. The predicted molar refractivity (Wildman–Crippen MR) is 63.0 cm³/mol. The van der Waals surface area contributed by atoms with Crippen molar-refractivity contribution in [2.45, 2.75) is 6.92 Å². The normalized spacial score (nSPS) is 17.8. The minimum atomic E-state index is -0.178. The van der Waals surface area contributed by atoms with Gasteiger partial charge in [-0.05, 0) is 36.3 Å². The lowest BCUT2D eigenvalue weighted by Crippen LogP contribution is -2.21. The number of thiocarbonyl (C=S) groups is 1. The molecule has 15 heavy (non-hydrogen) atoms. The van der Waals surface area contributed by atoms with Crippen LogP contribution in [0.4, 0.5) is 0 Å². The van der Waals surface area contributed by atoms with Gasteiger partial charge in [0.15, 0.2) is 5.11 Å². The fourth-order valence-corrected chi connectivity index (χ4v) is 1.59. The molecule has 1 aliphatic heterocycles. The van der Waals surface area contributed by atoms with E-state index in [9.17, 15) is 4.79 Å². The molecule has 0 aliphatic carbocycles.